The first kappa shape index (κ1) is 19.8. The molecular weight excluding hydrogens is 353 g/mol. The van der Waals surface area contributed by atoms with Crippen molar-refractivity contribution in [2.24, 2.45) is 5.92 Å². The zero-order chi connectivity index (χ0) is 18.3. The first-order valence-corrected chi connectivity index (χ1v) is 7.85. The molecule has 0 radical (unpaired) electrons. The molecule has 1 amide bonds. The SMILES string of the molecule is CC(C)CC(NC(=O)/C(C#N)=C\Nc1cc(Cl)ccc1Cl)C(=O)O. The lowest BCUT2D eigenvalue weighted by atomic mass is 10.0. The molecular formula is C16H17Cl2N3O3. The predicted molar refractivity (Wildman–Crippen MR) is 92.8 cm³/mol. The second-order valence-corrected chi connectivity index (χ2v) is 6.28. The Morgan fingerprint density at radius 2 is 2.04 bits per heavy atom. The average Bonchev–Trinajstić information content (AvgIpc) is 2.50. The number of nitrogens with one attached hydrogen (secondary N) is 2. The fraction of sp³-hybridized carbons (Fsp3) is 0.312. The van der Waals surface area contributed by atoms with E-state index in [1.807, 2.05) is 13.8 Å². The largest absolute Gasteiger partial charge is 0.480 e. The summed E-state index contributed by atoms with van der Waals surface area (Å²) >= 11 is 11.8. The minimum atomic E-state index is -1.15. The molecule has 128 valence electrons. The third kappa shape index (κ3) is 6.11. The molecule has 1 aromatic rings. The first-order valence-electron chi connectivity index (χ1n) is 7.10. The minimum Gasteiger partial charge on any atom is -0.480 e. The molecule has 1 atom stereocenters. The molecule has 0 spiro atoms. The summed E-state index contributed by atoms with van der Waals surface area (Å²) in [5, 5.41) is 24.1. The van der Waals surface area contributed by atoms with E-state index >= 15 is 0 Å². The zero-order valence-corrected chi connectivity index (χ0v) is 14.6. The maximum atomic E-state index is 12.1. The number of halogens is 2. The Balaban J connectivity index is 2.87. The van der Waals surface area contributed by atoms with Gasteiger partial charge in [0.2, 0.25) is 0 Å². The second kappa shape index (κ2) is 9.16. The van der Waals surface area contributed by atoms with Crippen molar-refractivity contribution >= 4 is 40.8 Å². The monoisotopic (exact) mass is 369 g/mol. The van der Waals surface area contributed by atoms with Crippen LogP contribution < -0.4 is 10.6 Å². The van der Waals surface area contributed by atoms with Crippen LogP contribution in [0.15, 0.2) is 30.0 Å². The lowest BCUT2D eigenvalue weighted by Crippen LogP contribution is -2.42. The van der Waals surface area contributed by atoms with Gasteiger partial charge in [-0.05, 0) is 30.5 Å². The van der Waals surface area contributed by atoms with Crippen molar-refractivity contribution in [1.29, 1.82) is 5.26 Å². The summed E-state index contributed by atoms with van der Waals surface area (Å²) in [7, 11) is 0. The van der Waals surface area contributed by atoms with Gasteiger partial charge in [-0.2, -0.15) is 5.26 Å². The van der Waals surface area contributed by atoms with Crippen molar-refractivity contribution < 1.29 is 14.7 Å². The van der Waals surface area contributed by atoms with Crippen LogP contribution in [0.4, 0.5) is 5.69 Å². The molecule has 1 aromatic carbocycles. The van der Waals surface area contributed by atoms with E-state index in [2.05, 4.69) is 10.6 Å². The summed E-state index contributed by atoms with van der Waals surface area (Å²) in [5.74, 6) is -1.86. The number of anilines is 1. The number of hydrogen-bond donors (Lipinski definition) is 3. The average molecular weight is 370 g/mol. The third-order valence-corrected chi connectivity index (χ3v) is 3.54. The van der Waals surface area contributed by atoms with Gasteiger partial charge in [0.05, 0.1) is 10.7 Å². The molecule has 6 nitrogen and oxygen atoms in total. The Morgan fingerprint density at radius 1 is 1.38 bits per heavy atom. The minimum absolute atomic E-state index is 0.0734. The van der Waals surface area contributed by atoms with E-state index in [0.29, 0.717) is 15.7 Å². The lowest BCUT2D eigenvalue weighted by molar-refractivity contribution is -0.141. The number of nitrogens with zero attached hydrogens (tertiary/aromatic N) is 1. The maximum Gasteiger partial charge on any atom is 0.326 e. The molecule has 0 aromatic heterocycles. The van der Waals surface area contributed by atoms with E-state index in [1.165, 1.54) is 6.07 Å². The highest BCUT2D eigenvalue weighted by atomic mass is 35.5. The van der Waals surface area contributed by atoms with E-state index in [0.717, 1.165) is 6.20 Å². The molecule has 1 unspecified atom stereocenters. The van der Waals surface area contributed by atoms with E-state index in [-0.39, 0.29) is 17.9 Å². The van der Waals surface area contributed by atoms with Crippen LogP contribution in [-0.4, -0.2) is 23.0 Å². The summed E-state index contributed by atoms with van der Waals surface area (Å²) in [6.07, 6.45) is 1.41. The fourth-order valence-electron chi connectivity index (χ4n) is 1.84. The van der Waals surface area contributed by atoms with Gasteiger partial charge < -0.3 is 15.7 Å². The number of carboxylic acid groups (broad SMARTS) is 1. The molecule has 8 heteroatoms. The predicted octanol–water partition coefficient (Wildman–Crippen LogP) is 3.43. The topological polar surface area (TPSA) is 102 Å². The van der Waals surface area contributed by atoms with Gasteiger partial charge in [-0.15, -0.1) is 0 Å². The van der Waals surface area contributed by atoms with Crippen molar-refractivity contribution in [2.75, 3.05) is 5.32 Å². The van der Waals surface area contributed by atoms with Crippen LogP contribution in [0.25, 0.3) is 0 Å². The molecule has 0 aliphatic heterocycles. The zero-order valence-electron chi connectivity index (χ0n) is 13.1. The highest BCUT2D eigenvalue weighted by molar-refractivity contribution is 6.35. The smallest absolute Gasteiger partial charge is 0.326 e. The van der Waals surface area contributed by atoms with Crippen LogP contribution in [-0.2, 0) is 9.59 Å². The Labute approximate surface area is 150 Å². The number of carbonyl (C=O) groups is 2. The van der Waals surface area contributed by atoms with Crippen molar-refractivity contribution in [3.05, 3.63) is 40.0 Å². The number of aliphatic carboxylic acids is 1. The van der Waals surface area contributed by atoms with Gasteiger partial charge in [0, 0.05) is 11.2 Å². The highest BCUT2D eigenvalue weighted by Crippen LogP contribution is 2.25. The second-order valence-electron chi connectivity index (χ2n) is 5.43. The summed E-state index contributed by atoms with van der Waals surface area (Å²) in [6.45, 7) is 3.68. The van der Waals surface area contributed by atoms with Crippen molar-refractivity contribution in [2.45, 2.75) is 26.3 Å². The Morgan fingerprint density at radius 3 is 2.58 bits per heavy atom. The standard InChI is InChI=1S/C16H17Cl2N3O3/c1-9(2)5-14(16(23)24)21-15(22)10(7-19)8-20-13-6-11(17)3-4-12(13)18/h3-4,6,8-9,14,20H,5H2,1-2H3,(H,21,22)(H,23,24)/b10-8-. The van der Waals surface area contributed by atoms with Crippen molar-refractivity contribution in [3.8, 4) is 6.07 Å². The van der Waals surface area contributed by atoms with Gasteiger partial charge in [0.15, 0.2) is 0 Å². The van der Waals surface area contributed by atoms with Crippen LogP contribution >= 0.6 is 23.2 Å². The van der Waals surface area contributed by atoms with Gasteiger partial charge >= 0.3 is 5.97 Å². The van der Waals surface area contributed by atoms with Crippen LogP contribution in [0.1, 0.15) is 20.3 Å². The number of carbonyl (C=O) groups excluding carboxylic acids is 1. The third-order valence-electron chi connectivity index (χ3n) is 2.98. The number of rotatable bonds is 7. The van der Waals surface area contributed by atoms with Crippen LogP contribution in [0, 0.1) is 17.2 Å². The molecule has 0 bridgehead atoms. The molecule has 24 heavy (non-hydrogen) atoms. The fourth-order valence-corrected chi connectivity index (χ4v) is 2.18. The van der Waals surface area contributed by atoms with Crippen molar-refractivity contribution in [3.63, 3.8) is 0 Å². The molecule has 0 aliphatic carbocycles. The van der Waals surface area contributed by atoms with Gasteiger partial charge in [-0.25, -0.2) is 4.79 Å². The normalized spacial score (nSPS) is 12.4. The summed E-state index contributed by atoms with van der Waals surface area (Å²) in [4.78, 5) is 23.3. The van der Waals surface area contributed by atoms with Crippen molar-refractivity contribution in [1.82, 2.24) is 5.32 Å². The van der Waals surface area contributed by atoms with Crippen LogP contribution in [0.5, 0.6) is 0 Å². The maximum absolute atomic E-state index is 12.1. The molecule has 1 rings (SSSR count). The van der Waals surface area contributed by atoms with E-state index in [4.69, 9.17) is 33.6 Å². The van der Waals surface area contributed by atoms with Gasteiger partial charge in [0.25, 0.3) is 5.91 Å². The number of amides is 1. The summed E-state index contributed by atoms with van der Waals surface area (Å²) in [5.41, 5.74) is 0.141. The van der Waals surface area contributed by atoms with Crippen LogP contribution in [0.2, 0.25) is 10.0 Å². The number of carboxylic acids is 1. The van der Waals surface area contributed by atoms with Gasteiger partial charge in [0.1, 0.15) is 17.7 Å². The van der Waals surface area contributed by atoms with E-state index in [1.54, 1.807) is 18.2 Å². The molecule has 0 fully saturated rings. The molecule has 3 N–H and O–H groups in total. The first-order chi connectivity index (χ1) is 11.2. The number of hydrogen-bond acceptors (Lipinski definition) is 4. The van der Waals surface area contributed by atoms with Gasteiger partial charge in [-0.3, -0.25) is 4.79 Å². The number of nitriles is 1. The van der Waals surface area contributed by atoms with E-state index < -0.39 is 17.9 Å². The Bertz CT molecular complexity index is 696. The molecule has 0 saturated heterocycles. The highest BCUT2D eigenvalue weighted by Gasteiger charge is 2.22. The quantitative estimate of drug-likeness (QED) is 0.504. The molecule has 0 saturated carbocycles. The van der Waals surface area contributed by atoms with Gasteiger partial charge in [-0.1, -0.05) is 37.0 Å². The number of benzene rings is 1. The summed E-state index contributed by atoms with van der Waals surface area (Å²) in [6, 6.07) is 5.35. The molecule has 0 heterocycles. The van der Waals surface area contributed by atoms with Crippen LogP contribution in [0.3, 0.4) is 0 Å². The summed E-state index contributed by atoms with van der Waals surface area (Å²) < 4.78 is 0. The Hall–Kier alpha value is -2.23. The Kier molecular flexibility index (Phi) is 7.56. The van der Waals surface area contributed by atoms with E-state index in [9.17, 15) is 9.59 Å². The lowest BCUT2D eigenvalue weighted by Gasteiger charge is -2.16. The molecule has 0 aliphatic rings.